The Balaban J connectivity index is 1.60. The van der Waals surface area contributed by atoms with Gasteiger partial charge in [-0.2, -0.15) is 4.31 Å². The number of hydrogen-bond donors (Lipinski definition) is 0. The number of ether oxygens (including phenoxy) is 3. The fraction of sp³-hybridized carbons (Fsp3) is 0.381. The molecule has 0 amide bonds. The second kappa shape index (κ2) is 9.78. The van der Waals surface area contributed by atoms with Gasteiger partial charge in [0, 0.05) is 18.1 Å². The van der Waals surface area contributed by atoms with Crippen molar-refractivity contribution in [3.63, 3.8) is 0 Å². The molecular weight excluding hydrogens is 430 g/mol. The first-order chi connectivity index (χ1) is 14.3. The van der Waals surface area contributed by atoms with Crippen molar-refractivity contribution in [3.05, 3.63) is 59.1 Å². The van der Waals surface area contributed by atoms with Gasteiger partial charge < -0.3 is 14.2 Å². The number of carbonyl (C=O) groups is 1. The summed E-state index contributed by atoms with van der Waals surface area (Å²) in [6, 6.07) is 12.7. The van der Waals surface area contributed by atoms with Crippen LogP contribution >= 0.6 is 11.6 Å². The molecule has 9 heteroatoms. The number of esters is 1. The molecule has 0 saturated carbocycles. The Bertz CT molecular complexity index is 969. The van der Waals surface area contributed by atoms with Gasteiger partial charge in [0.2, 0.25) is 10.0 Å². The minimum atomic E-state index is -3.74. The summed E-state index contributed by atoms with van der Waals surface area (Å²) in [7, 11) is -3.74. The molecule has 2 aromatic carbocycles. The highest BCUT2D eigenvalue weighted by molar-refractivity contribution is 7.89. The summed E-state index contributed by atoms with van der Waals surface area (Å²) in [5.41, 5.74) is 0.164. The lowest BCUT2D eigenvalue weighted by atomic mass is 10.2. The zero-order chi connectivity index (χ0) is 21.7. The van der Waals surface area contributed by atoms with E-state index < -0.39 is 16.0 Å². The number of halogens is 1. The first-order valence-electron chi connectivity index (χ1n) is 9.57. The Morgan fingerprint density at radius 2 is 1.77 bits per heavy atom. The first-order valence-corrected chi connectivity index (χ1v) is 11.4. The fourth-order valence-electron chi connectivity index (χ4n) is 3.17. The molecule has 0 bridgehead atoms. The van der Waals surface area contributed by atoms with Gasteiger partial charge in [0.1, 0.15) is 19.0 Å². The van der Waals surface area contributed by atoms with E-state index >= 15 is 0 Å². The number of rotatable bonds is 7. The van der Waals surface area contributed by atoms with Gasteiger partial charge in [-0.25, -0.2) is 13.2 Å². The largest absolute Gasteiger partial charge is 0.490 e. The molecule has 2 atom stereocenters. The average Bonchev–Trinajstić information content (AvgIpc) is 2.71. The van der Waals surface area contributed by atoms with Crippen LogP contribution in [0.1, 0.15) is 24.2 Å². The topological polar surface area (TPSA) is 82.1 Å². The van der Waals surface area contributed by atoms with Crippen molar-refractivity contribution in [2.24, 2.45) is 0 Å². The van der Waals surface area contributed by atoms with Gasteiger partial charge >= 0.3 is 5.97 Å². The van der Waals surface area contributed by atoms with Crippen molar-refractivity contribution in [3.8, 4) is 5.75 Å². The molecule has 1 heterocycles. The highest BCUT2D eigenvalue weighted by Crippen LogP contribution is 2.22. The van der Waals surface area contributed by atoms with Gasteiger partial charge in [-0.05, 0) is 56.3 Å². The van der Waals surface area contributed by atoms with Crippen LogP contribution in [0.25, 0.3) is 0 Å². The second-order valence-corrected chi connectivity index (χ2v) is 9.42. The van der Waals surface area contributed by atoms with Crippen LogP contribution in [-0.2, 0) is 19.5 Å². The Morgan fingerprint density at radius 3 is 2.43 bits per heavy atom. The molecule has 3 rings (SSSR count). The van der Waals surface area contributed by atoms with Crippen LogP contribution in [0.15, 0.2) is 53.4 Å². The molecule has 0 N–H and O–H groups in total. The summed E-state index contributed by atoms with van der Waals surface area (Å²) in [4.78, 5) is 12.4. The predicted molar refractivity (Wildman–Crippen MR) is 112 cm³/mol. The van der Waals surface area contributed by atoms with Crippen LogP contribution in [0.2, 0.25) is 5.02 Å². The van der Waals surface area contributed by atoms with Crippen molar-refractivity contribution in [2.45, 2.75) is 31.0 Å². The Hall–Kier alpha value is -2.13. The second-order valence-electron chi connectivity index (χ2n) is 7.05. The first kappa shape index (κ1) is 22.6. The van der Waals surface area contributed by atoms with E-state index in [9.17, 15) is 13.2 Å². The number of benzene rings is 2. The SMILES string of the molecule is C[C@@H]1CN(S(=O)(=O)c2cccc(C(=O)OCCOc3ccc(Cl)cc3)c2)C[C@@H](C)O1. The minimum absolute atomic E-state index is 0.0247. The van der Waals surface area contributed by atoms with Gasteiger partial charge in [-0.1, -0.05) is 17.7 Å². The molecule has 0 radical (unpaired) electrons. The summed E-state index contributed by atoms with van der Waals surface area (Å²) in [6.45, 7) is 4.38. The van der Waals surface area contributed by atoms with Crippen molar-refractivity contribution in [2.75, 3.05) is 26.3 Å². The van der Waals surface area contributed by atoms with E-state index in [0.717, 1.165) is 0 Å². The number of hydrogen-bond acceptors (Lipinski definition) is 6. The number of sulfonamides is 1. The normalized spacial score (nSPS) is 20.0. The van der Waals surface area contributed by atoms with Crippen LogP contribution in [0.5, 0.6) is 5.75 Å². The maximum absolute atomic E-state index is 13.0. The molecule has 1 saturated heterocycles. The lowest BCUT2D eigenvalue weighted by Gasteiger charge is -2.34. The molecule has 162 valence electrons. The molecule has 0 aromatic heterocycles. The Morgan fingerprint density at radius 1 is 1.10 bits per heavy atom. The Kier molecular flexibility index (Phi) is 7.36. The highest BCUT2D eigenvalue weighted by Gasteiger charge is 2.32. The van der Waals surface area contributed by atoms with E-state index in [-0.39, 0.29) is 49.0 Å². The smallest absolute Gasteiger partial charge is 0.338 e. The van der Waals surface area contributed by atoms with Crippen LogP contribution in [0, 0.1) is 0 Å². The van der Waals surface area contributed by atoms with Crippen LogP contribution < -0.4 is 4.74 Å². The predicted octanol–water partition coefficient (Wildman–Crippen LogP) is 3.37. The minimum Gasteiger partial charge on any atom is -0.490 e. The third-order valence-corrected chi connectivity index (χ3v) is 6.57. The third kappa shape index (κ3) is 5.72. The molecule has 1 aliphatic rings. The van der Waals surface area contributed by atoms with Crippen LogP contribution in [-0.4, -0.2) is 57.2 Å². The maximum Gasteiger partial charge on any atom is 0.338 e. The van der Waals surface area contributed by atoms with Crippen LogP contribution in [0.3, 0.4) is 0 Å². The summed E-state index contributed by atoms with van der Waals surface area (Å²) < 4.78 is 43.6. The van der Waals surface area contributed by atoms with E-state index in [2.05, 4.69) is 0 Å². The van der Waals surface area contributed by atoms with E-state index in [4.69, 9.17) is 25.8 Å². The van der Waals surface area contributed by atoms with Crippen molar-refractivity contribution in [1.29, 1.82) is 0 Å². The van der Waals surface area contributed by atoms with Crippen molar-refractivity contribution in [1.82, 2.24) is 4.31 Å². The molecule has 30 heavy (non-hydrogen) atoms. The zero-order valence-corrected chi connectivity index (χ0v) is 18.4. The summed E-state index contributed by atoms with van der Waals surface area (Å²) in [5, 5.41) is 0.601. The maximum atomic E-state index is 13.0. The quantitative estimate of drug-likeness (QED) is 0.472. The molecule has 0 aliphatic carbocycles. The van der Waals surface area contributed by atoms with Crippen LogP contribution in [0.4, 0.5) is 0 Å². The standard InChI is InChI=1S/C21H24ClNO6S/c1-15-13-23(14-16(2)29-15)30(25,26)20-5-3-4-17(12-20)21(24)28-11-10-27-19-8-6-18(22)7-9-19/h3-9,12,15-16H,10-11,13-14H2,1-2H3/t15-,16-/m1/s1. The molecule has 1 aliphatic heterocycles. The average molecular weight is 454 g/mol. The van der Waals surface area contributed by atoms with Gasteiger partial charge in [0.15, 0.2) is 0 Å². The summed E-state index contributed by atoms with van der Waals surface area (Å²) in [5.74, 6) is -0.00650. The number of carbonyl (C=O) groups excluding carboxylic acids is 1. The van der Waals surface area contributed by atoms with E-state index in [1.807, 2.05) is 13.8 Å². The lowest BCUT2D eigenvalue weighted by Crippen LogP contribution is -2.48. The van der Waals surface area contributed by atoms with Crippen molar-refractivity contribution >= 4 is 27.6 Å². The number of morpholine rings is 1. The number of nitrogens with zero attached hydrogens (tertiary/aromatic N) is 1. The summed E-state index contributed by atoms with van der Waals surface area (Å²) in [6.07, 6.45) is -0.394. The van der Waals surface area contributed by atoms with Gasteiger partial charge in [-0.3, -0.25) is 0 Å². The zero-order valence-electron chi connectivity index (χ0n) is 16.8. The van der Waals surface area contributed by atoms with E-state index in [1.54, 1.807) is 24.3 Å². The molecule has 1 fully saturated rings. The molecule has 0 unspecified atom stereocenters. The fourth-order valence-corrected chi connectivity index (χ4v) is 4.93. The highest BCUT2D eigenvalue weighted by atomic mass is 35.5. The Labute approximate surface area is 181 Å². The van der Waals surface area contributed by atoms with Gasteiger partial charge in [0.05, 0.1) is 22.7 Å². The lowest BCUT2D eigenvalue weighted by molar-refractivity contribution is -0.0440. The van der Waals surface area contributed by atoms with Gasteiger partial charge in [-0.15, -0.1) is 0 Å². The third-order valence-electron chi connectivity index (χ3n) is 4.49. The molecule has 7 nitrogen and oxygen atoms in total. The van der Waals surface area contributed by atoms with E-state index in [0.29, 0.717) is 10.8 Å². The van der Waals surface area contributed by atoms with E-state index in [1.165, 1.54) is 28.6 Å². The van der Waals surface area contributed by atoms with Crippen molar-refractivity contribution < 1.29 is 27.4 Å². The molecular formula is C21H24ClNO6S. The summed E-state index contributed by atoms with van der Waals surface area (Å²) >= 11 is 5.81. The molecule has 2 aromatic rings. The monoisotopic (exact) mass is 453 g/mol. The van der Waals surface area contributed by atoms with Gasteiger partial charge in [0.25, 0.3) is 0 Å². The molecule has 0 spiro atoms.